The van der Waals surface area contributed by atoms with Crippen LogP contribution in [-0.2, 0) is 9.63 Å². The highest BCUT2D eigenvalue weighted by molar-refractivity contribution is 5.81. The fraction of sp³-hybridized carbons (Fsp3) is 0.875. The summed E-state index contributed by atoms with van der Waals surface area (Å²) in [5.41, 5.74) is 2.14. The van der Waals surface area contributed by atoms with E-state index in [1.807, 2.05) is 6.92 Å². The van der Waals surface area contributed by atoms with Crippen LogP contribution in [0.25, 0.3) is 0 Å². The minimum atomic E-state index is -0.249. The van der Waals surface area contributed by atoms with Gasteiger partial charge in [0.25, 0.3) is 0 Å². The molecule has 0 atom stereocenters. The summed E-state index contributed by atoms with van der Waals surface area (Å²) in [5.74, 6) is -0.00787. The average molecular weight is 172 g/mol. The lowest BCUT2D eigenvalue weighted by Crippen LogP contribution is -2.45. The topological polar surface area (TPSA) is 50.4 Å². The number of nitrogens with one attached hydrogen (secondary N) is 2. The molecule has 0 aromatic carbocycles. The highest BCUT2D eigenvalue weighted by atomic mass is 16.6. The summed E-state index contributed by atoms with van der Waals surface area (Å²) in [6, 6.07) is 0. The third kappa shape index (κ3) is 1.95. The summed E-state index contributed by atoms with van der Waals surface area (Å²) >= 11 is 0. The zero-order chi connectivity index (χ0) is 9.03. The van der Waals surface area contributed by atoms with Crippen molar-refractivity contribution < 1.29 is 9.63 Å². The molecule has 0 spiro atoms. The first kappa shape index (κ1) is 9.48. The maximum absolute atomic E-state index is 11.5. The van der Waals surface area contributed by atoms with Crippen LogP contribution in [0.4, 0.5) is 0 Å². The van der Waals surface area contributed by atoms with Crippen LogP contribution in [0.2, 0.25) is 0 Å². The minimum absolute atomic E-state index is 0.00787. The standard InChI is InChI=1S/C8H16N2O2/c1-8(7(11)10-12-2)3-5-9-6-4-8/h9H,3-6H2,1-2H3,(H,10,11). The Morgan fingerprint density at radius 3 is 2.58 bits per heavy atom. The number of hydroxylamine groups is 1. The Bertz CT molecular complexity index is 164. The second-order valence-electron chi connectivity index (χ2n) is 3.45. The van der Waals surface area contributed by atoms with Crippen LogP contribution >= 0.6 is 0 Å². The van der Waals surface area contributed by atoms with Crippen LogP contribution in [0, 0.1) is 5.41 Å². The zero-order valence-electron chi connectivity index (χ0n) is 7.64. The quantitative estimate of drug-likeness (QED) is 0.579. The van der Waals surface area contributed by atoms with Gasteiger partial charge >= 0.3 is 0 Å². The summed E-state index contributed by atoms with van der Waals surface area (Å²) in [5, 5.41) is 3.22. The lowest BCUT2D eigenvalue weighted by atomic mass is 9.80. The zero-order valence-corrected chi connectivity index (χ0v) is 7.64. The van der Waals surface area contributed by atoms with Crippen molar-refractivity contribution in [2.45, 2.75) is 19.8 Å². The van der Waals surface area contributed by atoms with Gasteiger partial charge in [-0.05, 0) is 25.9 Å². The number of carbonyl (C=O) groups excluding carboxylic acids is 1. The van der Waals surface area contributed by atoms with Gasteiger partial charge in [-0.2, -0.15) is 0 Å². The van der Waals surface area contributed by atoms with Crippen molar-refractivity contribution in [3.8, 4) is 0 Å². The fourth-order valence-corrected chi connectivity index (χ4v) is 1.42. The maximum Gasteiger partial charge on any atom is 0.249 e. The van der Waals surface area contributed by atoms with Crippen LogP contribution in [0.1, 0.15) is 19.8 Å². The number of hydrogen-bond acceptors (Lipinski definition) is 3. The molecule has 70 valence electrons. The van der Waals surface area contributed by atoms with Crippen molar-refractivity contribution in [1.29, 1.82) is 0 Å². The van der Waals surface area contributed by atoms with Gasteiger partial charge in [0.1, 0.15) is 0 Å². The van der Waals surface area contributed by atoms with Crippen molar-refractivity contribution in [2.24, 2.45) is 5.41 Å². The number of piperidine rings is 1. The number of hydrogen-bond donors (Lipinski definition) is 2. The smallest absolute Gasteiger partial charge is 0.249 e. The molecular weight excluding hydrogens is 156 g/mol. The average Bonchev–Trinajstić information content (AvgIpc) is 2.06. The Labute approximate surface area is 72.6 Å². The Hall–Kier alpha value is -0.610. The third-order valence-corrected chi connectivity index (χ3v) is 2.45. The van der Waals surface area contributed by atoms with Crippen molar-refractivity contribution in [2.75, 3.05) is 20.2 Å². The molecule has 12 heavy (non-hydrogen) atoms. The predicted octanol–water partition coefficient (Wildman–Crippen LogP) is 0.0537. The maximum atomic E-state index is 11.5. The summed E-state index contributed by atoms with van der Waals surface area (Å²) in [4.78, 5) is 16.1. The van der Waals surface area contributed by atoms with E-state index in [0.29, 0.717) is 0 Å². The van der Waals surface area contributed by atoms with E-state index in [4.69, 9.17) is 0 Å². The fourth-order valence-electron chi connectivity index (χ4n) is 1.42. The Balaban J connectivity index is 2.50. The molecule has 1 aliphatic heterocycles. The molecule has 4 nitrogen and oxygen atoms in total. The van der Waals surface area contributed by atoms with Gasteiger partial charge in [0.15, 0.2) is 0 Å². The first-order valence-corrected chi connectivity index (χ1v) is 4.23. The van der Waals surface area contributed by atoms with Gasteiger partial charge in [-0.1, -0.05) is 6.92 Å². The molecule has 2 N–H and O–H groups in total. The van der Waals surface area contributed by atoms with Gasteiger partial charge in [-0.3, -0.25) is 9.63 Å². The van der Waals surface area contributed by atoms with E-state index < -0.39 is 0 Å². The lowest BCUT2D eigenvalue weighted by molar-refractivity contribution is -0.142. The van der Waals surface area contributed by atoms with Gasteiger partial charge in [0.2, 0.25) is 5.91 Å². The van der Waals surface area contributed by atoms with Gasteiger partial charge in [0.05, 0.1) is 12.5 Å². The lowest BCUT2D eigenvalue weighted by Gasteiger charge is -2.31. The first-order chi connectivity index (χ1) is 5.69. The van der Waals surface area contributed by atoms with Crippen molar-refractivity contribution in [3.05, 3.63) is 0 Å². The number of carbonyl (C=O) groups is 1. The van der Waals surface area contributed by atoms with E-state index in [0.717, 1.165) is 25.9 Å². The predicted molar refractivity (Wildman–Crippen MR) is 45.4 cm³/mol. The van der Waals surface area contributed by atoms with Crippen molar-refractivity contribution in [1.82, 2.24) is 10.8 Å². The molecule has 0 aliphatic carbocycles. The molecule has 0 saturated carbocycles. The van der Waals surface area contributed by atoms with Crippen LogP contribution in [0.3, 0.4) is 0 Å². The minimum Gasteiger partial charge on any atom is -0.317 e. The largest absolute Gasteiger partial charge is 0.317 e. The molecule has 1 amide bonds. The van der Waals surface area contributed by atoms with Crippen LogP contribution in [-0.4, -0.2) is 26.1 Å². The van der Waals surface area contributed by atoms with Crippen molar-refractivity contribution >= 4 is 5.91 Å². The van der Waals surface area contributed by atoms with Crippen LogP contribution < -0.4 is 10.8 Å². The molecule has 1 aliphatic rings. The third-order valence-electron chi connectivity index (χ3n) is 2.45. The van der Waals surface area contributed by atoms with Crippen molar-refractivity contribution in [3.63, 3.8) is 0 Å². The van der Waals surface area contributed by atoms with E-state index in [9.17, 15) is 4.79 Å². The Kier molecular flexibility index (Phi) is 3.05. The SMILES string of the molecule is CONC(=O)C1(C)CCNCC1. The molecule has 1 fully saturated rings. The normalized spacial score (nSPS) is 21.8. The summed E-state index contributed by atoms with van der Waals surface area (Å²) < 4.78 is 0. The summed E-state index contributed by atoms with van der Waals surface area (Å²) in [7, 11) is 1.46. The van der Waals surface area contributed by atoms with E-state index in [1.54, 1.807) is 0 Å². The summed E-state index contributed by atoms with van der Waals surface area (Å²) in [6.07, 6.45) is 1.75. The monoisotopic (exact) mass is 172 g/mol. The van der Waals surface area contributed by atoms with E-state index in [-0.39, 0.29) is 11.3 Å². The summed E-state index contributed by atoms with van der Waals surface area (Å²) in [6.45, 7) is 3.80. The number of amides is 1. The molecule has 0 aromatic heterocycles. The molecule has 4 heteroatoms. The van der Waals surface area contributed by atoms with Gasteiger partial charge in [-0.15, -0.1) is 0 Å². The molecule has 1 rings (SSSR count). The molecule has 0 unspecified atom stereocenters. The Morgan fingerprint density at radius 2 is 2.08 bits per heavy atom. The second kappa shape index (κ2) is 3.87. The molecule has 0 radical (unpaired) electrons. The highest BCUT2D eigenvalue weighted by Crippen LogP contribution is 2.27. The van der Waals surface area contributed by atoms with Gasteiger partial charge in [0, 0.05) is 0 Å². The van der Waals surface area contributed by atoms with E-state index in [1.165, 1.54) is 7.11 Å². The second-order valence-corrected chi connectivity index (χ2v) is 3.45. The Morgan fingerprint density at radius 1 is 1.50 bits per heavy atom. The van der Waals surface area contributed by atoms with Crippen LogP contribution in [0.5, 0.6) is 0 Å². The first-order valence-electron chi connectivity index (χ1n) is 4.23. The molecule has 1 saturated heterocycles. The molecule has 1 heterocycles. The van der Waals surface area contributed by atoms with E-state index >= 15 is 0 Å². The molecular formula is C8H16N2O2. The van der Waals surface area contributed by atoms with E-state index in [2.05, 4.69) is 15.6 Å². The molecule has 0 aromatic rings. The number of rotatable bonds is 2. The van der Waals surface area contributed by atoms with Gasteiger partial charge < -0.3 is 5.32 Å². The highest BCUT2D eigenvalue weighted by Gasteiger charge is 2.34. The van der Waals surface area contributed by atoms with Gasteiger partial charge in [-0.25, -0.2) is 5.48 Å². The molecule has 0 bridgehead atoms. The van der Waals surface area contributed by atoms with Crippen LogP contribution in [0.15, 0.2) is 0 Å².